The molecule has 0 heterocycles. The molecule has 3 aromatic carbocycles. The zero-order valence-corrected chi connectivity index (χ0v) is 17.3. The van der Waals surface area contributed by atoms with E-state index in [2.05, 4.69) is 16.0 Å². The molecule has 0 saturated heterocycles. The molecule has 0 aliphatic rings. The lowest BCUT2D eigenvalue weighted by atomic mass is 10.2. The van der Waals surface area contributed by atoms with Crippen molar-refractivity contribution in [3.8, 4) is 0 Å². The molecule has 0 fully saturated rings. The van der Waals surface area contributed by atoms with Gasteiger partial charge >= 0.3 is 12.1 Å². The summed E-state index contributed by atoms with van der Waals surface area (Å²) in [6.07, 6.45) is 0.515. The third-order valence-electron chi connectivity index (χ3n) is 4.53. The lowest BCUT2D eigenvalue weighted by Crippen LogP contribution is -2.38. The van der Waals surface area contributed by atoms with Gasteiger partial charge in [0.2, 0.25) is 0 Å². The number of urea groups is 2. The number of amides is 4. The molecule has 0 aliphatic heterocycles. The number of carbonyl (C=O) groups is 2. The van der Waals surface area contributed by atoms with E-state index in [1.165, 1.54) is 17.0 Å². The highest BCUT2D eigenvalue weighted by atomic mass is 19.1. The number of benzene rings is 3. The molecule has 6 nitrogen and oxygen atoms in total. The average molecular weight is 420 g/mol. The smallest absolute Gasteiger partial charge is 0.326 e. The molecule has 0 bridgehead atoms. The highest BCUT2D eigenvalue weighted by Gasteiger charge is 2.16. The number of carbonyl (C=O) groups excluding carboxylic acids is 2. The maximum Gasteiger partial charge on any atom is 0.326 e. The number of nitrogens with one attached hydrogen (secondary N) is 3. The summed E-state index contributed by atoms with van der Waals surface area (Å²) in [5.74, 6) is -0.373. The Bertz CT molecular complexity index is 1010. The van der Waals surface area contributed by atoms with Crippen LogP contribution in [-0.4, -0.2) is 25.2 Å². The largest absolute Gasteiger partial charge is 0.338 e. The third-order valence-corrected chi connectivity index (χ3v) is 4.53. The summed E-state index contributed by atoms with van der Waals surface area (Å²) in [7, 11) is 0. The number of nitrogens with zero attached hydrogens (tertiary/aromatic N) is 1. The summed E-state index contributed by atoms with van der Waals surface area (Å²) in [6.45, 7) is 2.66. The van der Waals surface area contributed by atoms with E-state index in [4.69, 9.17) is 0 Å². The van der Waals surface area contributed by atoms with Crippen molar-refractivity contribution in [2.75, 3.05) is 28.6 Å². The van der Waals surface area contributed by atoms with Gasteiger partial charge < -0.3 is 16.0 Å². The van der Waals surface area contributed by atoms with E-state index >= 15 is 0 Å². The second-order valence-corrected chi connectivity index (χ2v) is 7.03. The van der Waals surface area contributed by atoms with E-state index in [9.17, 15) is 14.0 Å². The lowest BCUT2D eigenvalue weighted by Gasteiger charge is -2.23. The van der Waals surface area contributed by atoms with Gasteiger partial charge in [0.15, 0.2) is 0 Å². The minimum atomic E-state index is -0.373. The van der Waals surface area contributed by atoms with Crippen molar-refractivity contribution in [2.24, 2.45) is 0 Å². The van der Waals surface area contributed by atoms with Gasteiger partial charge in [-0.25, -0.2) is 14.0 Å². The van der Waals surface area contributed by atoms with E-state index in [-0.39, 0.29) is 17.9 Å². The van der Waals surface area contributed by atoms with Crippen LogP contribution in [0.1, 0.15) is 12.0 Å². The van der Waals surface area contributed by atoms with Gasteiger partial charge in [0, 0.05) is 30.2 Å². The number of aryl methyl sites for hydroxylation is 1. The van der Waals surface area contributed by atoms with Crippen LogP contribution in [0.3, 0.4) is 0 Å². The van der Waals surface area contributed by atoms with Crippen molar-refractivity contribution in [3.05, 3.63) is 90.2 Å². The van der Waals surface area contributed by atoms with Gasteiger partial charge in [0.25, 0.3) is 0 Å². The van der Waals surface area contributed by atoms with E-state index in [0.29, 0.717) is 36.6 Å². The molecule has 0 aliphatic carbocycles. The first kappa shape index (κ1) is 21.8. The molecule has 3 N–H and O–H groups in total. The van der Waals surface area contributed by atoms with E-state index in [1.54, 1.807) is 24.3 Å². The van der Waals surface area contributed by atoms with E-state index < -0.39 is 0 Å². The van der Waals surface area contributed by atoms with Gasteiger partial charge in [0.1, 0.15) is 5.82 Å². The van der Waals surface area contributed by atoms with Crippen molar-refractivity contribution in [2.45, 2.75) is 13.3 Å². The highest BCUT2D eigenvalue weighted by molar-refractivity contribution is 6.01. The lowest BCUT2D eigenvalue weighted by molar-refractivity contribution is 0.252. The Balaban J connectivity index is 1.56. The van der Waals surface area contributed by atoms with E-state index in [0.717, 1.165) is 5.56 Å². The van der Waals surface area contributed by atoms with Crippen molar-refractivity contribution in [3.63, 3.8) is 0 Å². The quantitative estimate of drug-likeness (QED) is 0.449. The molecular formula is C24H25FN4O2. The van der Waals surface area contributed by atoms with Crippen LogP contribution in [0.4, 0.5) is 31.0 Å². The SMILES string of the molecule is Cc1cccc(NC(=O)NCCCN(C(=O)Nc2ccccc2)c2ccc(F)cc2)c1. The zero-order valence-electron chi connectivity index (χ0n) is 17.3. The normalized spacial score (nSPS) is 10.3. The Morgan fingerprint density at radius 3 is 2.29 bits per heavy atom. The van der Waals surface area contributed by atoms with Crippen molar-refractivity contribution < 1.29 is 14.0 Å². The van der Waals surface area contributed by atoms with Crippen LogP contribution in [-0.2, 0) is 0 Å². The summed E-state index contributed by atoms with van der Waals surface area (Å²) >= 11 is 0. The molecule has 0 aromatic heterocycles. The van der Waals surface area contributed by atoms with Crippen molar-refractivity contribution in [1.29, 1.82) is 0 Å². The second-order valence-electron chi connectivity index (χ2n) is 7.03. The zero-order chi connectivity index (χ0) is 22.1. The van der Waals surface area contributed by atoms with Gasteiger partial charge in [-0.05, 0) is 67.4 Å². The van der Waals surface area contributed by atoms with Crippen molar-refractivity contribution >= 4 is 29.1 Å². The monoisotopic (exact) mass is 420 g/mol. The summed E-state index contributed by atoms with van der Waals surface area (Å²) in [5, 5.41) is 8.40. The summed E-state index contributed by atoms with van der Waals surface area (Å²) in [4.78, 5) is 26.4. The Labute approximate surface area is 181 Å². The molecular weight excluding hydrogens is 395 g/mol. The van der Waals surface area contributed by atoms with Crippen LogP contribution < -0.4 is 20.9 Å². The Morgan fingerprint density at radius 2 is 1.58 bits per heavy atom. The predicted molar refractivity (Wildman–Crippen MR) is 122 cm³/mol. The van der Waals surface area contributed by atoms with Crippen LogP contribution in [0, 0.1) is 12.7 Å². The van der Waals surface area contributed by atoms with Gasteiger partial charge in [-0.2, -0.15) is 0 Å². The number of anilines is 3. The number of hydrogen-bond acceptors (Lipinski definition) is 2. The van der Waals surface area contributed by atoms with Crippen LogP contribution in [0.5, 0.6) is 0 Å². The molecule has 7 heteroatoms. The summed E-state index contributed by atoms with van der Waals surface area (Å²) in [5.41, 5.74) is 3.00. The Hall–Kier alpha value is -3.87. The van der Waals surface area contributed by atoms with Crippen LogP contribution >= 0.6 is 0 Å². The maximum atomic E-state index is 13.3. The molecule has 160 valence electrons. The standard InChI is InChI=1S/C24H25FN4O2/c1-18-7-5-10-21(17-18)27-23(30)26-15-6-16-29(22-13-11-19(25)12-14-22)24(31)28-20-8-3-2-4-9-20/h2-5,7-14,17H,6,15-16H2,1H3,(H,28,31)(H2,26,27,30). The minimum Gasteiger partial charge on any atom is -0.338 e. The molecule has 4 amide bonds. The van der Waals surface area contributed by atoms with Crippen LogP contribution in [0.2, 0.25) is 0 Å². The van der Waals surface area contributed by atoms with Gasteiger partial charge in [0.05, 0.1) is 0 Å². The predicted octanol–water partition coefficient (Wildman–Crippen LogP) is 5.38. The fourth-order valence-corrected chi connectivity index (χ4v) is 3.02. The topological polar surface area (TPSA) is 73.5 Å². The molecule has 3 aromatic rings. The number of hydrogen-bond donors (Lipinski definition) is 3. The second kappa shape index (κ2) is 10.8. The number of rotatable bonds is 7. The van der Waals surface area contributed by atoms with Gasteiger partial charge in [-0.15, -0.1) is 0 Å². The number of halogens is 1. The molecule has 0 spiro atoms. The summed E-state index contributed by atoms with van der Waals surface area (Å²) in [6, 6.07) is 21.7. The van der Waals surface area contributed by atoms with Crippen molar-refractivity contribution in [1.82, 2.24) is 5.32 Å². The highest BCUT2D eigenvalue weighted by Crippen LogP contribution is 2.17. The van der Waals surface area contributed by atoms with Crippen LogP contribution in [0.15, 0.2) is 78.9 Å². The molecule has 0 unspecified atom stereocenters. The first-order chi connectivity index (χ1) is 15.0. The Kier molecular flexibility index (Phi) is 7.59. The van der Waals surface area contributed by atoms with Gasteiger partial charge in [-0.1, -0.05) is 30.3 Å². The molecule has 31 heavy (non-hydrogen) atoms. The molecule has 0 radical (unpaired) electrons. The Morgan fingerprint density at radius 1 is 0.871 bits per heavy atom. The maximum absolute atomic E-state index is 13.3. The number of para-hydroxylation sites is 1. The molecule has 3 rings (SSSR count). The van der Waals surface area contributed by atoms with Crippen LogP contribution in [0.25, 0.3) is 0 Å². The average Bonchev–Trinajstić information content (AvgIpc) is 2.75. The third kappa shape index (κ3) is 6.85. The fraction of sp³-hybridized carbons (Fsp3) is 0.167. The summed E-state index contributed by atoms with van der Waals surface area (Å²) < 4.78 is 13.3. The first-order valence-corrected chi connectivity index (χ1v) is 10.0. The molecule has 0 saturated carbocycles. The first-order valence-electron chi connectivity index (χ1n) is 10.0. The van der Waals surface area contributed by atoms with E-state index in [1.807, 2.05) is 49.4 Å². The minimum absolute atomic E-state index is 0.312. The fourth-order valence-electron chi connectivity index (χ4n) is 3.02. The molecule has 0 atom stereocenters. The van der Waals surface area contributed by atoms with Gasteiger partial charge in [-0.3, -0.25) is 4.90 Å².